The van der Waals surface area contributed by atoms with Crippen LogP contribution in [0.2, 0.25) is 0 Å². The van der Waals surface area contributed by atoms with E-state index >= 15 is 0 Å². The van der Waals surface area contributed by atoms with Crippen LogP contribution < -0.4 is 0 Å². The van der Waals surface area contributed by atoms with Crippen molar-refractivity contribution in [1.29, 1.82) is 0 Å². The third kappa shape index (κ3) is 1.70. The van der Waals surface area contributed by atoms with E-state index in [2.05, 4.69) is 26.8 Å². The molecule has 2 heteroatoms. The first-order chi connectivity index (χ1) is 7.00. The van der Waals surface area contributed by atoms with Crippen molar-refractivity contribution in [1.82, 2.24) is 0 Å². The minimum Gasteiger partial charge on any atom is -0.481 e. The number of carboxylic acids is 1. The van der Waals surface area contributed by atoms with Crippen molar-refractivity contribution < 1.29 is 9.90 Å². The van der Waals surface area contributed by atoms with Crippen molar-refractivity contribution in [2.45, 2.75) is 33.6 Å². The molecule has 0 heterocycles. The molecule has 4 atom stereocenters. The van der Waals surface area contributed by atoms with Gasteiger partial charge in [0.25, 0.3) is 0 Å². The van der Waals surface area contributed by atoms with Gasteiger partial charge < -0.3 is 5.11 Å². The molecule has 3 aliphatic rings. The van der Waals surface area contributed by atoms with Gasteiger partial charge in [-0.25, -0.2) is 0 Å². The van der Waals surface area contributed by atoms with Gasteiger partial charge in [0.1, 0.15) is 0 Å². The van der Waals surface area contributed by atoms with E-state index in [1.54, 1.807) is 0 Å². The van der Waals surface area contributed by atoms with Gasteiger partial charge >= 0.3 is 5.97 Å². The standard InChI is InChI=1S/C13H20O2/c1-7(2)10-5-9-6-12(13(14)15)11(10)4-8(9)3/h4,7,9-12H,5-6H2,1-3H3,(H,14,15)/t9-,10?,11?,12?/m1/s1. The molecule has 0 aromatic carbocycles. The highest BCUT2D eigenvalue weighted by atomic mass is 16.4. The molecule has 0 radical (unpaired) electrons. The third-order valence-electron chi connectivity index (χ3n) is 4.33. The average molecular weight is 208 g/mol. The lowest BCUT2D eigenvalue weighted by molar-refractivity contribution is -0.146. The first-order valence-electron chi connectivity index (χ1n) is 5.91. The molecule has 15 heavy (non-hydrogen) atoms. The summed E-state index contributed by atoms with van der Waals surface area (Å²) >= 11 is 0. The topological polar surface area (TPSA) is 37.3 Å². The second kappa shape index (κ2) is 3.66. The normalized spacial score (nSPS) is 39.3. The molecule has 3 aliphatic carbocycles. The summed E-state index contributed by atoms with van der Waals surface area (Å²) in [5.74, 6) is 1.27. The Hall–Kier alpha value is -0.790. The molecule has 0 aromatic heterocycles. The molecule has 2 nitrogen and oxygen atoms in total. The zero-order valence-electron chi connectivity index (χ0n) is 9.73. The fourth-order valence-electron chi connectivity index (χ4n) is 3.38. The number of carbonyl (C=O) groups is 1. The largest absolute Gasteiger partial charge is 0.481 e. The number of carboxylic acid groups (broad SMARTS) is 1. The van der Waals surface area contributed by atoms with Crippen molar-refractivity contribution >= 4 is 5.97 Å². The van der Waals surface area contributed by atoms with Gasteiger partial charge in [-0.3, -0.25) is 4.79 Å². The minimum absolute atomic E-state index is 0.125. The predicted molar refractivity (Wildman–Crippen MR) is 59.4 cm³/mol. The molecule has 0 spiro atoms. The summed E-state index contributed by atoms with van der Waals surface area (Å²) in [4.78, 5) is 11.2. The quantitative estimate of drug-likeness (QED) is 0.708. The van der Waals surface area contributed by atoms with Crippen molar-refractivity contribution in [3.63, 3.8) is 0 Å². The van der Waals surface area contributed by atoms with Gasteiger partial charge in [-0.05, 0) is 43.4 Å². The summed E-state index contributed by atoms with van der Waals surface area (Å²) in [5, 5.41) is 9.22. The van der Waals surface area contributed by atoms with Crippen molar-refractivity contribution in [3.8, 4) is 0 Å². The molecular weight excluding hydrogens is 188 g/mol. The van der Waals surface area contributed by atoms with Gasteiger partial charge in [0.2, 0.25) is 0 Å². The van der Waals surface area contributed by atoms with Crippen LogP contribution in [0.3, 0.4) is 0 Å². The zero-order chi connectivity index (χ0) is 11.2. The molecule has 1 N–H and O–H groups in total. The van der Waals surface area contributed by atoms with Crippen LogP contribution in [-0.4, -0.2) is 11.1 Å². The summed E-state index contributed by atoms with van der Waals surface area (Å²) in [6.07, 6.45) is 4.31. The van der Waals surface area contributed by atoms with Crippen LogP contribution in [0.5, 0.6) is 0 Å². The molecule has 0 aromatic rings. The van der Waals surface area contributed by atoms with Crippen LogP contribution in [0.1, 0.15) is 33.6 Å². The number of rotatable bonds is 2. The SMILES string of the molecule is CC1=CC2C(C(=O)O)C[C@H]1CC2C(C)C. The van der Waals surface area contributed by atoms with E-state index in [0.29, 0.717) is 17.8 Å². The third-order valence-corrected chi connectivity index (χ3v) is 4.33. The Morgan fingerprint density at radius 3 is 2.60 bits per heavy atom. The molecule has 3 rings (SSSR count). The van der Waals surface area contributed by atoms with Crippen LogP contribution in [-0.2, 0) is 4.79 Å². The summed E-state index contributed by atoms with van der Waals surface area (Å²) in [6.45, 7) is 6.59. The van der Waals surface area contributed by atoms with E-state index < -0.39 is 5.97 Å². The lowest BCUT2D eigenvalue weighted by atomic mass is 9.58. The molecule has 0 aliphatic heterocycles. The molecule has 1 saturated carbocycles. The fourth-order valence-corrected chi connectivity index (χ4v) is 3.38. The summed E-state index contributed by atoms with van der Waals surface area (Å²) in [7, 11) is 0. The number of hydrogen-bond acceptors (Lipinski definition) is 1. The van der Waals surface area contributed by atoms with Gasteiger partial charge in [-0.2, -0.15) is 0 Å². The monoisotopic (exact) mass is 208 g/mol. The van der Waals surface area contributed by atoms with E-state index in [9.17, 15) is 9.90 Å². The van der Waals surface area contributed by atoms with Crippen LogP contribution in [0, 0.1) is 29.6 Å². The van der Waals surface area contributed by atoms with Crippen LogP contribution in [0.4, 0.5) is 0 Å². The number of aliphatic carboxylic acids is 1. The highest BCUT2D eigenvalue weighted by Crippen LogP contribution is 2.49. The molecule has 84 valence electrons. The van der Waals surface area contributed by atoms with Crippen molar-refractivity contribution in [2.75, 3.05) is 0 Å². The van der Waals surface area contributed by atoms with E-state index in [1.807, 2.05) is 0 Å². The first-order valence-corrected chi connectivity index (χ1v) is 5.91. The van der Waals surface area contributed by atoms with E-state index in [4.69, 9.17) is 0 Å². The number of hydrogen-bond donors (Lipinski definition) is 1. The molecule has 0 saturated heterocycles. The number of allylic oxidation sites excluding steroid dienone is 2. The highest BCUT2D eigenvalue weighted by molar-refractivity contribution is 5.71. The van der Waals surface area contributed by atoms with E-state index in [1.165, 1.54) is 12.0 Å². The Labute approximate surface area is 91.4 Å². The maximum atomic E-state index is 11.2. The summed E-state index contributed by atoms with van der Waals surface area (Å²) < 4.78 is 0. The highest BCUT2D eigenvalue weighted by Gasteiger charge is 2.45. The molecule has 0 amide bonds. The second-order valence-electron chi connectivity index (χ2n) is 5.51. The lowest BCUT2D eigenvalue weighted by Gasteiger charge is -2.46. The van der Waals surface area contributed by atoms with Gasteiger partial charge in [0.15, 0.2) is 0 Å². The molecular formula is C13H20O2. The van der Waals surface area contributed by atoms with Gasteiger partial charge in [0.05, 0.1) is 5.92 Å². The molecule has 3 unspecified atom stereocenters. The number of fused-ring (bicyclic) bond motifs is 2. The first kappa shape index (κ1) is 10.7. The Morgan fingerprint density at radius 2 is 2.13 bits per heavy atom. The second-order valence-corrected chi connectivity index (χ2v) is 5.51. The summed E-state index contributed by atoms with van der Waals surface area (Å²) in [6, 6.07) is 0. The Morgan fingerprint density at radius 1 is 1.47 bits per heavy atom. The van der Waals surface area contributed by atoms with E-state index in [0.717, 1.165) is 6.42 Å². The maximum Gasteiger partial charge on any atom is 0.307 e. The zero-order valence-corrected chi connectivity index (χ0v) is 9.73. The maximum absolute atomic E-state index is 11.2. The van der Waals surface area contributed by atoms with Crippen molar-refractivity contribution in [2.24, 2.45) is 29.6 Å². The minimum atomic E-state index is -0.598. The smallest absolute Gasteiger partial charge is 0.307 e. The average Bonchev–Trinajstić information content (AvgIpc) is 2.17. The van der Waals surface area contributed by atoms with Gasteiger partial charge in [-0.15, -0.1) is 0 Å². The van der Waals surface area contributed by atoms with Crippen LogP contribution in [0.15, 0.2) is 11.6 Å². The van der Waals surface area contributed by atoms with Crippen LogP contribution in [0.25, 0.3) is 0 Å². The summed E-state index contributed by atoms with van der Waals surface area (Å²) in [5.41, 5.74) is 1.43. The molecule has 2 bridgehead atoms. The van der Waals surface area contributed by atoms with Crippen LogP contribution >= 0.6 is 0 Å². The Balaban J connectivity index is 2.28. The molecule has 1 fully saturated rings. The van der Waals surface area contributed by atoms with Gasteiger partial charge in [0, 0.05) is 0 Å². The Kier molecular flexibility index (Phi) is 2.61. The fraction of sp³-hybridized carbons (Fsp3) is 0.769. The lowest BCUT2D eigenvalue weighted by Crippen LogP contribution is -2.42. The van der Waals surface area contributed by atoms with Gasteiger partial charge in [-0.1, -0.05) is 25.5 Å². The van der Waals surface area contributed by atoms with Crippen molar-refractivity contribution in [3.05, 3.63) is 11.6 Å². The van der Waals surface area contributed by atoms with E-state index in [-0.39, 0.29) is 11.8 Å². The Bertz CT molecular complexity index is 304. The predicted octanol–water partition coefficient (Wildman–Crippen LogP) is 2.95.